The molecule has 2 rings (SSSR count). The van der Waals surface area contributed by atoms with Gasteiger partial charge in [0.05, 0.1) is 6.26 Å². The summed E-state index contributed by atoms with van der Waals surface area (Å²) >= 11 is 0. The van der Waals surface area contributed by atoms with Gasteiger partial charge < -0.3 is 20.2 Å². The number of aliphatic carboxylic acids is 1. The lowest BCUT2D eigenvalue weighted by Gasteiger charge is -2.14. The van der Waals surface area contributed by atoms with Gasteiger partial charge in [0.25, 0.3) is 5.91 Å². The molecule has 0 saturated heterocycles. The van der Waals surface area contributed by atoms with Crippen molar-refractivity contribution in [1.29, 1.82) is 0 Å². The Labute approximate surface area is 121 Å². The predicted molar refractivity (Wildman–Crippen MR) is 72.6 cm³/mol. The van der Waals surface area contributed by atoms with E-state index in [1.165, 1.54) is 12.3 Å². The molecule has 114 valence electrons. The maximum Gasteiger partial charge on any atom is 0.326 e. The molecule has 0 spiro atoms. The fourth-order valence-corrected chi connectivity index (χ4v) is 1.96. The fraction of sp³-hybridized carbons (Fsp3) is 0.500. The second kappa shape index (κ2) is 6.92. The van der Waals surface area contributed by atoms with Gasteiger partial charge in [0.15, 0.2) is 5.76 Å². The number of amides is 2. The van der Waals surface area contributed by atoms with Gasteiger partial charge in [-0.15, -0.1) is 0 Å². The smallest absolute Gasteiger partial charge is 0.326 e. The Hall–Kier alpha value is -2.31. The molecule has 7 heteroatoms. The van der Waals surface area contributed by atoms with Crippen LogP contribution < -0.4 is 10.6 Å². The predicted octanol–water partition coefficient (Wildman–Crippen LogP) is 0.769. The van der Waals surface area contributed by atoms with Crippen LogP contribution in [0, 0.1) is 5.92 Å². The average Bonchev–Trinajstić information content (AvgIpc) is 3.07. The highest BCUT2D eigenvalue weighted by atomic mass is 16.4. The molecule has 21 heavy (non-hydrogen) atoms. The number of rotatable bonds is 8. The first-order valence-electron chi connectivity index (χ1n) is 6.90. The fourth-order valence-electron chi connectivity index (χ4n) is 1.96. The SMILES string of the molecule is O=C(CCNC(=O)c1ccco1)NC(CC1CC1)C(=O)O. The van der Waals surface area contributed by atoms with Gasteiger partial charge in [-0.25, -0.2) is 4.79 Å². The van der Waals surface area contributed by atoms with E-state index in [0.717, 1.165) is 12.8 Å². The molecular formula is C14H18N2O5. The van der Waals surface area contributed by atoms with Crippen LogP contribution in [0.3, 0.4) is 0 Å². The first-order chi connectivity index (χ1) is 10.1. The first kappa shape index (κ1) is 15.1. The molecule has 3 N–H and O–H groups in total. The zero-order chi connectivity index (χ0) is 15.2. The third-order valence-corrected chi connectivity index (χ3v) is 3.28. The van der Waals surface area contributed by atoms with Crippen molar-refractivity contribution in [2.24, 2.45) is 5.92 Å². The number of furan rings is 1. The third-order valence-electron chi connectivity index (χ3n) is 3.28. The van der Waals surface area contributed by atoms with Gasteiger partial charge in [-0.1, -0.05) is 12.8 Å². The summed E-state index contributed by atoms with van der Waals surface area (Å²) < 4.78 is 4.91. The zero-order valence-electron chi connectivity index (χ0n) is 11.5. The summed E-state index contributed by atoms with van der Waals surface area (Å²) in [5, 5.41) is 14.1. The molecule has 7 nitrogen and oxygen atoms in total. The molecule has 0 aromatic carbocycles. The first-order valence-corrected chi connectivity index (χ1v) is 6.90. The van der Waals surface area contributed by atoms with E-state index < -0.39 is 17.9 Å². The van der Waals surface area contributed by atoms with Gasteiger partial charge in [-0.2, -0.15) is 0 Å². The molecule has 1 atom stereocenters. The molecule has 1 heterocycles. The van der Waals surface area contributed by atoms with E-state index in [9.17, 15) is 14.4 Å². The van der Waals surface area contributed by atoms with Crippen LogP contribution in [0.2, 0.25) is 0 Å². The van der Waals surface area contributed by atoms with Crippen LogP contribution in [-0.4, -0.2) is 35.5 Å². The van der Waals surface area contributed by atoms with Gasteiger partial charge in [0.2, 0.25) is 5.91 Å². The van der Waals surface area contributed by atoms with Crippen molar-refractivity contribution in [2.75, 3.05) is 6.54 Å². The maximum absolute atomic E-state index is 11.7. The Balaban J connectivity index is 1.68. The zero-order valence-corrected chi connectivity index (χ0v) is 11.5. The van der Waals surface area contributed by atoms with Crippen molar-refractivity contribution >= 4 is 17.8 Å². The van der Waals surface area contributed by atoms with Crippen LogP contribution in [0.15, 0.2) is 22.8 Å². The van der Waals surface area contributed by atoms with Gasteiger partial charge in [-0.3, -0.25) is 9.59 Å². The highest BCUT2D eigenvalue weighted by molar-refractivity contribution is 5.91. The molecule has 1 aromatic heterocycles. The minimum atomic E-state index is -1.02. The average molecular weight is 294 g/mol. The van der Waals surface area contributed by atoms with E-state index in [4.69, 9.17) is 9.52 Å². The van der Waals surface area contributed by atoms with Crippen LogP contribution in [0.25, 0.3) is 0 Å². The molecule has 1 aliphatic rings. The minimum Gasteiger partial charge on any atom is -0.480 e. The van der Waals surface area contributed by atoms with Gasteiger partial charge in [0.1, 0.15) is 6.04 Å². The summed E-state index contributed by atoms with van der Waals surface area (Å²) in [5.74, 6) is -1.23. The maximum atomic E-state index is 11.7. The number of carboxylic acids is 1. The Morgan fingerprint density at radius 2 is 2.14 bits per heavy atom. The topological polar surface area (TPSA) is 109 Å². The van der Waals surface area contributed by atoms with E-state index >= 15 is 0 Å². The molecule has 1 saturated carbocycles. The van der Waals surface area contributed by atoms with Crippen molar-refractivity contribution in [1.82, 2.24) is 10.6 Å². The van der Waals surface area contributed by atoms with E-state index in [1.54, 1.807) is 6.07 Å². The Bertz CT molecular complexity index is 507. The normalized spacial score (nSPS) is 15.2. The van der Waals surface area contributed by atoms with E-state index in [0.29, 0.717) is 12.3 Å². The van der Waals surface area contributed by atoms with Crippen LogP contribution in [-0.2, 0) is 9.59 Å². The highest BCUT2D eigenvalue weighted by Crippen LogP contribution is 2.33. The molecule has 1 aromatic rings. The molecule has 1 fully saturated rings. The number of carboxylic acid groups (broad SMARTS) is 1. The van der Waals surface area contributed by atoms with E-state index in [-0.39, 0.29) is 24.6 Å². The molecular weight excluding hydrogens is 276 g/mol. The summed E-state index contributed by atoms with van der Waals surface area (Å²) in [7, 11) is 0. The van der Waals surface area contributed by atoms with Crippen LogP contribution in [0.5, 0.6) is 0 Å². The summed E-state index contributed by atoms with van der Waals surface area (Å²) in [6, 6.07) is 2.27. The number of hydrogen-bond donors (Lipinski definition) is 3. The van der Waals surface area contributed by atoms with Gasteiger partial charge >= 0.3 is 5.97 Å². The van der Waals surface area contributed by atoms with Crippen LogP contribution >= 0.6 is 0 Å². The molecule has 1 unspecified atom stereocenters. The van der Waals surface area contributed by atoms with E-state index in [2.05, 4.69) is 10.6 Å². The summed E-state index contributed by atoms with van der Waals surface area (Å²) in [4.78, 5) is 34.3. The molecule has 2 amide bonds. The standard InChI is InChI=1S/C14H18N2O5/c17-12(16-10(14(19)20)8-9-3-4-9)5-6-15-13(18)11-2-1-7-21-11/h1-2,7,9-10H,3-6,8H2,(H,15,18)(H,16,17)(H,19,20). The highest BCUT2D eigenvalue weighted by Gasteiger charge is 2.30. The summed E-state index contributed by atoms with van der Waals surface area (Å²) in [6.07, 6.45) is 3.94. The van der Waals surface area contributed by atoms with E-state index in [1.807, 2.05) is 0 Å². The lowest BCUT2D eigenvalue weighted by molar-refractivity contribution is -0.142. The lowest BCUT2D eigenvalue weighted by atomic mass is 10.1. The quantitative estimate of drug-likeness (QED) is 0.656. The third kappa shape index (κ3) is 4.94. The van der Waals surface area contributed by atoms with Gasteiger partial charge in [-0.05, 0) is 24.5 Å². The number of nitrogens with one attached hydrogen (secondary N) is 2. The Kier molecular flexibility index (Phi) is 4.97. The molecule has 0 radical (unpaired) electrons. The van der Waals surface area contributed by atoms with Crippen molar-refractivity contribution in [3.63, 3.8) is 0 Å². The Morgan fingerprint density at radius 3 is 2.71 bits per heavy atom. The van der Waals surface area contributed by atoms with Crippen molar-refractivity contribution < 1.29 is 23.9 Å². The van der Waals surface area contributed by atoms with Gasteiger partial charge in [0, 0.05) is 13.0 Å². The Morgan fingerprint density at radius 1 is 1.38 bits per heavy atom. The second-order valence-electron chi connectivity index (χ2n) is 5.12. The second-order valence-corrected chi connectivity index (χ2v) is 5.12. The monoisotopic (exact) mass is 294 g/mol. The number of carbonyl (C=O) groups excluding carboxylic acids is 2. The largest absolute Gasteiger partial charge is 0.480 e. The lowest BCUT2D eigenvalue weighted by Crippen LogP contribution is -2.42. The van der Waals surface area contributed by atoms with Crippen molar-refractivity contribution in [3.05, 3.63) is 24.2 Å². The van der Waals surface area contributed by atoms with Crippen molar-refractivity contribution in [3.8, 4) is 0 Å². The molecule has 1 aliphatic carbocycles. The minimum absolute atomic E-state index is 0.0287. The van der Waals surface area contributed by atoms with Crippen LogP contribution in [0.4, 0.5) is 0 Å². The number of carbonyl (C=O) groups is 3. The molecule has 0 bridgehead atoms. The summed E-state index contributed by atoms with van der Waals surface area (Å²) in [6.45, 7) is 0.126. The van der Waals surface area contributed by atoms with Crippen LogP contribution in [0.1, 0.15) is 36.2 Å². The number of hydrogen-bond acceptors (Lipinski definition) is 4. The molecule has 0 aliphatic heterocycles. The van der Waals surface area contributed by atoms with Crippen molar-refractivity contribution in [2.45, 2.75) is 31.7 Å². The summed E-state index contributed by atoms with van der Waals surface area (Å²) in [5.41, 5.74) is 0.